The Kier molecular flexibility index (Phi) is 3.39. The zero-order valence-corrected chi connectivity index (χ0v) is 10.1. The summed E-state index contributed by atoms with van der Waals surface area (Å²) in [5.74, 6) is -1.01. The number of aromatic nitrogens is 1. The number of thiazole rings is 1. The lowest BCUT2D eigenvalue weighted by Gasteiger charge is -2.05. The van der Waals surface area contributed by atoms with Gasteiger partial charge in [-0.2, -0.15) is 0 Å². The molecule has 1 heterocycles. The van der Waals surface area contributed by atoms with Gasteiger partial charge in [-0.05, 0) is 24.1 Å². The minimum atomic E-state index is -1.01. The predicted octanol–water partition coefficient (Wildman–Crippen LogP) is 3.15. The fourth-order valence-corrected chi connectivity index (χ4v) is 2.13. The molecule has 0 spiro atoms. The average molecular weight is 248 g/mol. The maximum Gasteiger partial charge on any atom is 0.357 e. The van der Waals surface area contributed by atoms with Crippen molar-refractivity contribution >= 4 is 28.0 Å². The fraction of sp³-hybridized carbons (Fsp3) is 0.167. The van der Waals surface area contributed by atoms with Crippen molar-refractivity contribution < 1.29 is 9.90 Å². The van der Waals surface area contributed by atoms with Gasteiger partial charge in [0.05, 0.1) is 5.51 Å². The number of anilines is 2. The Bertz CT molecular complexity index is 520. The maximum absolute atomic E-state index is 10.9. The number of nitrogens with zero attached hydrogens (tertiary/aromatic N) is 1. The molecule has 5 heteroatoms. The van der Waals surface area contributed by atoms with E-state index in [9.17, 15) is 4.79 Å². The quantitative estimate of drug-likeness (QED) is 0.872. The van der Waals surface area contributed by atoms with Crippen LogP contribution in [0.4, 0.5) is 10.7 Å². The molecule has 0 radical (unpaired) electrons. The van der Waals surface area contributed by atoms with E-state index in [0.29, 0.717) is 5.00 Å². The van der Waals surface area contributed by atoms with Crippen LogP contribution in [0.25, 0.3) is 0 Å². The van der Waals surface area contributed by atoms with Gasteiger partial charge >= 0.3 is 5.97 Å². The first-order valence-electron chi connectivity index (χ1n) is 5.23. The average Bonchev–Trinajstić information content (AvgIpc) is 2.78. The van der Waals surface area contributed by atoms with Gasteiger partial charge in [0.2, 0.25) is 0 Å². The lowest BCUT2D eigenvalue weighted by molar-refractivity contribution is 0.0692. The van der Waals surface area contributed by atoms with Crippen LogP contribution in [-0.2, 0) is 6.42 Å². The van der Waals surface area contributed by atoms with Gasteiger partial charge in [-0.15, -0.1) is 11.3 Å². The number of aromatic carboxylic acids is 1. The summed E-state index contributed by atoms with van der Waals surface area (Å²) in [4.78, 5) is 14.7. The summed E-state index contributed by atoms with van der Waals surface area (Å²) < 4.78 is 0. The molecule has 0 aliphatic carbocycles. The van der Waals surface area contributed by atoms with Gasteiger partial charge in [0.25, 0.3) is 0 Å². The highest BCUT2D eigenvalue weighted by Crippen LogP contribution is 2.25. The van der Waals surface area contributed by atoms with Crippen molar-refractivity contribution in [1.82, 2.24) is 4.98 Å². The molecule has 1 aromatic carbocycles. The van der Waals surface area contributed by atoms with Crippen molar-refractivity contribution in [3.63, 3.8) is 0 Å². The van der Waals surface area contributed by atoms with Gasteiger partial charge in [-0.3, -0.25) is 0 Å². The summed E-state index contributed by atoms with van der Waals surface area (Å²) in [5, 5.41) is 12.5. The van der Waals surface area contributed by atoms with Crippen LogP contribution >= 0.6 is 11.3 Å². The minimum absolute atomic E-state index is 0.0644. The zero-order chi connectivity index (χ0) is 12.3. The third-order valence-corrected chi connectivity index (χ3v) is 3.13. The lowest BCUT2D eigenvalue weighted by atomic mass is 10.1. The van der Waals surface area contributed by atoms with Crippen LogP contribution < -0.4 is 5.32 Å². The number of benzene rings is 1. The summed E-state index contributed by atoms with van der Waals surface area (Å²) in [6.07, 6.45) is 0.987. The van der Waals surface area contributed by atoms with E-state index in [1.54, 1.807) is 0 Å². The summed E-state index contributed by atoms with van der Waals surface area (Å²) >= 11 is 1.28. The van der Waals surface area contributed by atoms with Gasteiger partial charge in [0, 0.05) is 5.69 Å². The molecule has 0 amide bonds. The third kappa shape index (κ3) is 2.62. The van der Waals surface area contributed by atoms with E-state index in [-0.39, 0.29) is 5.69 Å². The van der Waals surface area contributed by atoms with Crippen LogP contribution in [0.1, 0.15) is 23.0 Å². The number of aryl methyl sites for hydroxylation is 1. The second-order valence-electron chi connectivity index (χ2n) is 3.51. The Labute approximate surface area is 103 Å². The van der Waals surface area contributed by atoms with E-state index in [0.717, 1.165) is 12.1 Å². The highest BCUT2D eigenvalue weighted by molar-refractivity contribution is 7.14. The summed E-state index contributed by atoms with van der Waals surface area (Å²) in [7, 11) is 0. The van der Waals surface area contributed by atoms with Crippen molar-refractivity contribution in [2.24, 2.45) is 0 Å². The van der Waals surface area contributed by atoms with E-state index in [2.05, 4.69) is 17.2 Å². The standard InChI is InChI=1S/C12H12N2O2S/c1-2-8-3-5-9(6-4-8)14-11-10(12(15)16)13-7-17-11/h3-7,14H,2H2,1H3,(H,15,16). The Morgan fingerprint density at radius 3 is 2.71 bits per heavy atom. The predicted molar refractivity (Wildman–Crippen MR) is 68.2 cm³/mol. The number of hydrogen-bond donors (Lipinski definition) is 2. The molecule has 0 atom stereocenters. The monoisotopic (exact) mass is 248 g/mol. The summed E-state index contributed by atoms with van der Waals surface area (Å²) in [5.41, 5.74) is 3.70. The fourth-order valence-electron chi connectivity index (χ4n) is 1.44. The van der Waals surface area contributed by atoms with Crippen molar-refractivity contribution in [3.05, 3.63) is 41.0 Å². The molecule has 0 aliphatic rings. The molecule has 0 fully saturated rings. The smallest absolute Gasteiger partial charge is 0.357 e. The SMILES string of the molecule is CCc1ccc(Nc2scnc2C(=O)O)cc1. The summed E-state index contributed by atoms with van der Waals surface area (Å²) in [6.45, 7) is 2.09. The first-order valence-corrected chi connectivity index (χ1v) is 6.11. The molecule has 2 rings (SSSR count). The van der Waals surface area contributed by atoms with Crippen molar-refractivity contribution in [1.29, 1.82) is 0 Å². The van der Waals surface area contributed by atoms with Crippen LogP contribution in [0.5, 0.6) is 0 Å². The van der Waals surface area contributed by atoms with Crippen LogP contribution in [0.3, 0.4) is 0 Å². The normalized spacial score (nSPS) is 10.2. The molecule has 17 heavy (non-hydrogen) atoms. The largest absolute Gasteiger partial charge is 0.476 e. The second-order valence-corrected chi connectivity index (χ2v) is 4.37. The molecule has 2 N–H and O–H groups in total. The number of hydrogen-bond acceptors (Lipinski definition) is 4. The Morgan fingerprint density at radius 2 is 2.12 bits per heavy atom. The van der Waals surface area contributed by atoms with E-state index in [1.807, 2.05) is 24.3 Å². The molecule has 0 aliphatic heterocycles. The van der Waals surface area contributed by atoms with Crippen molar-refractivity contribution in [2.75, 3.05) is 5.32 Å². The molecule has 0 unspecified atom stereocenters. The molecule has 1 aromatic heterocycles. The van der Waals surface area contributed by atoms with Gasteiger partial charge in [0.1, 0.15) is 5.00 Å². The molecule has 0 bridgehead atoms. The minimum Gasteiger partial charge on any atom is -0.476 e. The lowest BCUT2D eigenvalue weighted by Crippen LogP contribution is -2.00. The first kappa shape index (κ1) is 11.6. The molecule has 0 saturated carbocycles. The van der Waals surface area contributed by atoms with Gasteiger partial charge < -0.3 is 10.4 Å². The van der Waals surface area contributed by atoms with Crippen LogP contribution in [0.2, 0.25) is 0 Å². The summed E-state index contributed by atoms with van der Waals surface area (Å²) in [6, 6.07) is 7.90. The molecular formula is C12H12N2O2S. The van der Waals surface area contributed by atoms with Gasteiger partial charge in [-0.25, -0.2) is 9.78 Å². The molecular weight excluding hydrogens is 236 g/mol. The van der Waals surface area contributed by atoms with Crippen LogP contribution in [-0.4, -0.2) is 16.1 Å². The number of carboxylic acids is 1. The first-order chi connectivity index (χ1) is 8.20. The van der Waals surface area contributed by atoms with Crippen LogP contribution in [0, 0.1) is 0 Å². The third-order valence-electron chi connectivity index (χ3n) is 2.39. The molecule has 88 valence electrons. The highest BCUT2D eigenvalue weighted by atomic mass is 32.1. The Balaban J connectivity index is 2.19. The van der Waals surface area contributed by atoms with Gasteiger partial charge in [0.15, 0.2) is 5.69 Å². The van der Waals surface area contributed by atoms with Crippen molar-refractivity contribution in [2.45, 2.75) is 13.3 Å². The van der Waals surface area contributed by atoms with E-state index >= 15 is 0 Å². The number of nitrogens with one attached hydrogen (secondary N) is 1. The number of carbonyl (C=O) groups is 1. The van der Waals surface area contributed by atoms with Crippen LogP contribution in [0.15, 0.2) is 29.8 Å². The van der Waals surface area contributed by atoms with E-state index in [1.165, 1.54) is 22.4 Å². The molecule has 4 nitrogen and oxygen atoms in total. The second kappa shape index (κ2) is 4.97. The number of carboxylic acid groups (broad SMARTS) is 1. The molecule has 2 aromatic rings. The highest BCUT2D eigenvalue weighted by Gasteiger charge is 2.13. The van der Waals surface area contributed by atoms with Crippen molar-refractivity contribution in [3.8, 4) is 0 Å². The topological polar surface area (TPSA) is 62.2 Å². The van der Waals surface area contributed by atoms with Gasteiger partial charge in [-0.1, -0.05) is 19.1 Å². The Hall–Kier alpha value is -1.88. The van der Waals surface area contributed by atoms with E-state index in [4.69, 9.17) is 5.11 Å². The molecule has 0 saturated heterocycles. The zero-order valence-electron chi connectivity index (χ0n) is 9.30. The number of rotatable bonds is 4. The Morgan fingerprint density at radius 1 is 1.41 bits per heavy atom. The maximum atomic E-state index is 10.9. The van der Waals surface area contributed by atoms with E-state index < -0.39 is 5.97 Å².